The Morgan fingerprint density at radius 3 is 1.50 bits per heavy atom. The number of hydrogen-bond acceptors (Lipinski definition) is 6. The van der Waals surface area contributed by atoms with Gasteiger partial charge in [-0.3, -0.25) is 14.4 Å². The fraction of sp³-hybridized carbons (Fsp3) is 0.444. The summed E-state index contributed by atoms with van der Waals surface area (Å²) >= 11 is 0. The molecule has 0 aliphatic rings. The minimum atomic E-state index is -0.968. The van der Waals surface area contributed by atoms with Gasteiger partial charge in [-0.05, 0) is 6.08 Å². The van der Waals surface area contributed by atoms with Gasteiger partial charge in [-0.1, -0.05) is 6.58 Å². The Hall–Kier alpha value is -1.63. The summed E-state index contributed by atoms with van der Waals surface area (Å²) in [6, 6.07) is 0. The third kappa shape index (κ3) is 14.9. The molecule has 0 spiro atoms. The molecule has 0 rings (SSSR count). The predicted octanol–water partition coefficient (Wildman–Crippen LogP) is -0.545. The highest BCUT2D eigenvalue weighted by molar-refractivity contribution is 6.04. The molecule has 0 saturated heterocycles. The highest BCUT2D eigenvalue weighted by Crippen LogP contribution is 1.96. The van der Waals surface area contributed by atoms with Crippen molar-refractivity contribution >= 4 is 28.4 Å². The lowest BCUT2D eigenvalue weighted by Crippen LogP contribution is -2.19. The minimum Gasteiger partial charge on any atom is -0.529 e. The van der Waals surface area contributed by atoms with Crippen molar-refractivity contribution in [3.8, 4) is 0 Å². The van der Waals surface area contributed by atoms with Gasteiger partial charge in [-0.25, -0.2) is 0 Å². The minimum absolute atomic E-state index is 0.184. The van der Waals surface area contributed by atoms with Gasteiger partial charge < -0.3 is 13.9 Å². The van der Waals surface area contributed by atoms with Crippen LogP contribution in [0.1, 0.15) is 20.8 Å². The summed E-state index contributed by atoms with van der Waals surface area (Å²) in [5, 5.41) is 0. The number of carbonyl (C=O) groups is 3. The summed E-state index contributed by atoms with van der Waals surface area (Å²) in [6.45, 7) is 7.15. The van der Waals surface area contributed by atoms with Crippen molar-refractivity contribution in [3.05, 3.63) is 12.7 Å². The molecule has 16 heavy (non-hydrogen) atoms. The fourth-order valence-electron chi connectivity index (χ4n) is 0.447. The van der Waals surface area contributed by atoms with Crippen LogP contribution >= 0.6 is 0 Å². The second kappa shape index (κ2) is 9.90. The van der Waals surface area contributed by atoms with Gasteiger partial charge in [0.1, 0.15) is 0 Å². The van der Waals surface area contributed by atoms with E-state index in [1.165, 1.54) is 26.8 Å². The van der Waals surface area contributed by atoms with Crippen LogP contribution in [0.2, 0.25) is 0 Å². The van der Waals surface area contributed by atoms with Crippen LogP contribution in [0.25, 0.3) is 0 Å². The second-order valence-corrected chi connectivity index (χ2v) is 2.93. The van der Waals surface area contributed by atoms with Crippen LogP contribution in [-0.2, 0) is 28.3 Å². The van der Waals surface area contributed by atoms with Gasteiger partial charge in [-0.15, -0.1) is 0 Å². The zero-order valence-corrected chi connectivity index (χ0v) is 11.8. The molecule has 0 bridgehead atoms. The molecule has 0 unspecified atom stereocenters. The Bertz CT molecular complexity index is 247. The Balaban J connectivity index is 0. The first-order valence-corrected chi connectivity index (χ1v) is 5.16. The van der Waals surface area contributed by atoms with E-state index in [0.717, 1.165) is 0 Å². The average Bonchev–Trinajstić information content (AvgIpc) is 2.16. The van der Waals surface area contributed by atoms with E-state index in [2.05, 4.69) is 20.5 Å². The van der Waals surface area contributed by atoms with Crippen LogP contribution in [-0.4, -0.2) is 34.7 Å². The van der Waals surface area contributed by atoms with Gasteiger partial charge in [0.2, 0.25) is 10.5 Å². The molecule has 0 radical (unpaired) electrons. The average molecular weight is 248 g/mol. The Morgan fingerprint density at radius 2 is 1.38 bits per heavy atom. The van der Waals surface area contributed by atoms with Gasteiger partial charge in [0.25, 0.3) is 12.3 Å². The summed E-state index contributed by atoms with van der Waals surface area (Å²) in [7, 11) is 0.524. The molecule has 0 fully saturated rings. The van der Waals surface area contributed by atoms with Crippen molar-refractivity contribution in [2.75, 3.05) is 0 Å². The monoisotopic (exact) mass is 248 g/mol. The first kappa shape index (κ1) is 16.8. The standard InChI is InChI=1S/C7H10O4.C2H6O2Si/c1-4-7(10-5(2)8)11-6(3)9;1-2(3)4-5/h4,7H,1H2,2-3H3;1,5H3. The summed E-state index contributed by atoms with van der Waals surface area (Å²) in [5.74, 6) is -1.22. The molecule has 0 aliphatic carbocycles. The van der Waals surface area contributed by atoms with Gasteiger partial charge >= 0.3 is 11.9 Å². The summed E-state index contributed by atoms with van der Waals surface area (Å²) < 4.78 is 13.3. The molecule has 0 aromatic heterocycles. The van der Waals surface area contributed by atoms with Gasteiger partial charge in [-0.2, -0.15) is 0 Å². The van der Waals surface area contributed by atoms with Crippen molar-refractivity contribution in [2.24, 2.45) is 0 Å². The summed E-state index contributed by atoms with van der Waals surface area (Å²) in [5.41, 5.74) is 0. The molecule has 0 aromatic rings. The fourth-order valence-corrected chi connectivity index (χ4v) is 0.447. The lowest BCUT2D eigenvalue weighted by Gasteiger charge is -2.11. The molecule has 0 heterocycles. The van der Waals surface area contributed by atoms with Crippen molar-refractivity contribution < 1.29 is 28.3 Å². The van der Waals surface area contributed by atoms with Crippen LogP contribution < -0.4 is 0 Å². The van der Waals surface area contributed by atoms with E-state index < -0.39 is 18.2 Å². The maximum absolute atomic E-state index is 10.3. The number of carbonyl (C=O) groups excluding carboxylic acids is 3. The zero-order chi connectivity index (χ0) is 13.1. The smallest absolute Gasteiger partial charge is 0.305 e. The van der Waals surface area contributed by atoms with Crippen molar-refractivity contribution in [2.45, 2.75) is 27.1 Å². The molecular weight excluding hydrogens is 232 g/mol. The second-order valence-electron chi connectivity index (χ2n) is 2.52. The van der Waals surface area contributed by atoms with Gasteiger partial charge in [0.15, 0.2) is 0 Å². The number of hydrogen-bond donors (Lipinski definition) is 0. The van der Waals surface area contributed by atoms with E-state index in [1.54, 1.807) is 0 Å². The molecule has 7 heteroatoms. The Kier molecular flexibility index (Phi) is 10.4. The SMILES string of the molecule is C=CC(OC(C)=O)OC(C)=O.CC(=O)O[SiH3]. The van der Waals surface area contributed by atoms with Crippen LogP contribution in [0.15, 0.2) is 12.7 Å². The third-order valence-electron chi connectivity index (χ3n) is 1.04. The first-order valence-electron chi connectivity index (χ1n) is 4.35. The molecule has 0 N–H and O–H groups in total. The van der Waals surface area contributed by atoms with Crippen molar-refractivity contribution in [3.63, 3.8) is 0 Å². The summed E-state index contributed by atoms with van der Waals surface area (Å²) in [4.78, 5) is 30.3. The van der Waals surface area contributed by atoms with E-state index in [0.29, 0.717) is 10.5 Å². The molecule has 92 valence electrons. The Labute approximate surface area is 97.1 Å². The number of rotatable bonds is 3. The maximum Gasteiger partial charge on any atom is 0.305 e. The van der Waals surface area contributed by atoms with E-state index in [9.17, 15) is 14.4 Å². The highest BCUT2D eigenvalue weighted by Gasteiger charge is 2.09. The van der Waals surface area contributed by atoms with Crippen LogP contribution in [0.4, 0.5) is 0 Å². The van der Waals surface area contributed by atoms with E-state index in [4.69, 9.17) is 0 Å². The van der Waals surface area contributed by atoms with Crippen LogP contribution in [0, 0.1) is 0 Å². The van der Waals surface area contributed by atoms with Gasteiger partial charge in [0.05, 0.1) is 0 Å². The molecule has 0 atom stereocenters. The van der Waals surface area contributed by atoms with Crippen LogP contribution in [0.5, 0.6) is 0 Å². The molecule has 6 nitrogen and oxygen atoms in total. The summed E-state index contributed by atoms with van der Waals surface area (Å²) in [6.07, 6.45) is 0.257. The quantitative estimate of drug-likeness (QED) is 0.289. The third-order valence-corrected chi connectivity index (χ3v) is 1.62. The zero-order valence-electron chi connectivity index (χ0n) is 9.81. The molecule has 0 saturated carbocycles. The molecule has 0 aliphatic heterocycles. The number of ether oxygens (including phenoxy) is 2. The van der Waals surface area contributed by atoms with E-state index in [-0.39, 0.29) is 5.97 Å². The molecule has 0 aromatic carbocycles. The van der Waals surface area contributed by atoms with E-state index >= 15 is 0 Å². The van der Waals surface area contributed by atoms with Crippen molar-refractivity contribution in [1.29, 1.82) is 0 Å². The van der Waals surface area contributed by atoms with Gasteiger partial charge in [0, 0.05) is 20.8 Å². The molecule has 0 amide bonds. The lowest BCUT2D eigenvalue weighted by atomic mass is 10.6. The lowest BCUT2D eigenvalue weighted by molar-refractivity contribution is -0.176. The first-order chi connectivity index (χ1) is 7.33. The van der Waals surface area contributed by atoms with Crippen molar-refractivity contribution in [1.82, 2.24) is 0 Å². The normalized spacial score (nSPS) is 8.50. The highest BCUT2D eigenvalue weighted by atomic mass is 28.2. The maximum atomic E-state index is 10.3. The number of esters is 2. The van der Waals surface area contributed by atoms with E-state index in [1.807, 2.05) is 0 Å². The predicted molar refractivity (Wildman–Crippen MR) is 59.2 cm³/mol. The Morgan fingerprint density at radius 1 is 1.06 bits per heavy atom. The largest absolute Gasteiger partial charge is 0.529 e. The topological polar surface area (TPSA) is 78.9 Å². The molecular formula is C9H16O6Si. The van der Waals surface area contributed by atoms with Crippen LogP contribution in [0.3, 0.4) is 0 Å².